The van der Waals surface area contributed by atoms with Crippen LogP contribution in [0.1, 0.15) is 155 Å². The number of carbonyl (C=O) groups is 2. The molecular weight excluding hydrogens is 901 g/mol. The number of rotatable bonds is 39. The summed E-state index contributed by atoms with van der Waals surface area (Å²) in [5.74, 6) is -0.977. The maximum absolute atomic E-state index is 13.0. The van der Waals surface area contributed by atoms with Crippen molar-refractivity contribution < 1.29 is 73.8 Å². The molecular formula is C55H90O15. The number of allylic oxidation sites excluding steroid dienone is 14. The predicted molar refractivity (Wildman–Crippen MR) is 270 cm³/mol. The van der Waals surface area contributed by atoms with Crippen LogP contribution in [0.5, 0.6) is 0 Å². The Labute approximate surface area is 418 Å². The molecule has 0 aromatic heterocycles. The van der Waals surface area contributed by atoms with Gasteiger partial charge in [-0.25, -0.2) is 0 Å². The summed E-state index contributed by atoms with van der Waals surface area (Å²) < 4.78 is 33.5. The smallest absolute Gasteiger partial charge is 0.306 e. The van der Waals surface area contributed by atoms with Crippen molar-refractivity contribution in [1.29, 1.82) is 0 Å². The van der Waals surface area contributed by atoms with Crippen molar-refractivity contribution in [2.75, 3.05) is 26.4 Å². The first-order valence-electron chi connectivity index (χ1n) is 26.2. The van der Waals surface area contributed by atoms with E-state index in [1.807, 2.05) is 0 Å². The topological polar surface area (TPSA) is 231 Å². The third-order valence-electron chi connectivity index (χ3n) is 11.9. The van der Waals surface area contributed by atoms with Crippen LogP contribution in [0.25, 0.3) is 0 Å². The van der Waals surface area contributed by atoms with Crippen molar-refractivity contribution in [2.45, 2.75) is 223 Å². The summed E-state index contributed by atoms with van der Waals surface area (Å²) in [7, 11) is 0. The second kappa shape index (κ2) is 41.2. The summed E-state index contributed by atoms with van der Waals surface area (Å²) in [6, 6.07) is 0. The number of esters is 2. The van der Waals surface area contributed by atoms with Crippen molar-refractivity contribution in [3.63, 3.8) is 0 Å². The average molecular weight is 991 g/mol. The largest absolute Gasteiger partial charge is 0.462 e. The molecule has 7 N–H and O–H groups in total. The Hall–Kier alpha value is -3.32. The minimum atomic E-state index is -1.78. The predicted octanol–water partition coefficient (Wildman–Crippen LogP) is 7.60. The summed E-state index contributed by atoms with van der Waals surface area (Å²) >= 11 is 0. The van der Waals surface area contributed by atoms with Gasteiger partial charge in [-0.1, -0.05) is 144 Å². The molecule has 0 amide bonds. The molecule has 11 unspecified atom stereocenters. The van der Waals surface area contributed by atoms with Crippen LogP contribution in [0.15, 0.2) is 85.1 Å². The van der Waals surface area contributed by atoms with Crippen molar-refractivity contribution in [3.05, 3.63) is 85.1 Å². The van der Waals surface area contributed by atoms with E-state index in [9.17, 15) is 45.3 Å². The molecule has 0 saturated carbocycles. The maximum atomic E-state index is 13.0. The van der Waals surface area contributed by atoms with Crippen LogP contribution in [0.2, 0.25) is 0 Å². The first-order valence-corrected chi connectivity index (χ1v) is 26.2. The zero-order valence-electron chi connectivity index (χ0n) is 42.2. The lowest BCUT2D eigenvalue weighted by Crippen LogP contribution is -2.61. The van der Waals surface area contributed by atoms with E-state index < -0.39 is 99.3 Å². The van der Waals surface area contributed by atoms with E-state index in [4.69, 9.17) is 28.4 Å². The van der Waals surface area contributed by atoms with Gasteiger partial charge >= 0.3 is 11.9 Å². The molecule has 2 fully saturated rings. The Morgan fingerprint density at radius 2 is 0.857 bits per heavy atom. The van der Waals surface area contributed by atoms with Gasteiger partial charge in [0.2, 0.25) is 0 Å². The molecule has 70 heavy (non-hydrogen) atoms. The molecule has 2 saturated heterocycles. The van der Waals surface area contributed by atoms with Crippen molar-refractivity contribution in [1.82, 2.24) is 0 Å². The lowest BCUT2D eigenvalue weighted by Gasteiger charge is -2.42. The SMILES string of the molecule is CC/C=C\C/C=C\C/C=C\C/C=C\CCCCCCCCCCC(=O)OC(COC(=O)CCCCC/C=C\C/C=C\C/C=C\CC)COC1OC(COC2OC(CO)C(O)C(O)C2O)C(O)C(O)C1O. The number of unbranched alkanes of at least 4 members (excludes halogenated alkanes) is 11. The van der Waals surface area contributed by atoms with Crippen LogP contribution in [-0.4, -0.2) is 142 Å². The van der Waals surface area contributed by atoms with E-state index in [0.29, 0.717) is 12.8 Å². The summed E-state index contributed by atoms with van der Waals surface area (Å²) in [5, 5.41) is 72.1. The van der Waals surface area contributed by atoms with Crippen LogP contribution in [-0.2, 0) is 38.0 Å². The highest BCUT2D eigenvalue weighted by molar-refractivity contribution is 5.70. The fourth-order valence-corrected chi connectivity index (χ4v) is 7.63. The molecule has 2 aliphatic heterocycles. The highest BCUT2D eigenvalue weighted by Crippen LogP contribution is 2.26. The van der Waals surface area contributed by atoms with Crippen LogP contribution in [0.4, 0.5) is 0 Å². The first-order chi connectivity index (χ1) is 34.0. The van der Waals surface area contributed by atoms with Gasteiger partial charge in [0.25, 0.3) is 0 Å². The molecule has 15 nitrogen and oxygen atoms in total. The van der Waals surface area contributed by atoms with Crippen molar-refractivity contribution in [2.24, 2.45) is 0 Å². The monoisotopic (exact) mass is 991 g/mol. The quantitative estimate of drug-likeness (QED) is 0.0179. The highest BCUT2D eigenvalue weighted by Gasteiger charge is 2.47. The van der Waals surface area contributed by atoms with Gasteiger partial charge in [-0.2, -0.15) is 0 Å². The third kappa shape index (κ3) is 28.7. The summed E-state index contributed by atoms with van der Waals surface area (Å²) in [6.45, 7) is 2.30. The molecule has 0 aliphatic carbocycles. The van der Waals surface area contributed by atoms with Gasteiger partial charge in [0.15, 0.2) is 18.7 Å². The van der Waals surface area contributed by atoms with Gasteiger partial charge in [0, 0.05) is 12.8 Å². The Morgan fingerprint density at radius 3 is 1.36 bits per heavy atom. The Balaban J connectivity index is 1.80. The first kappa shape index (κ1) is 62.8. The molecule has 400 valence electrons. The van der Waals surface area contributed by atoms with E-state index in [2.05, 4.69) is 98.9 Å². The molecule has 2 heterocycles. The van der Waals surface area contributed by atoms with Gasteiger partial charge in [-0.05, 0) is 83.5 Å². The molecule has 2 rings (SSSR count). The molecule has 2 aliphatic rings. The van der Waals surface area contributed by atoms with Crippen LogP contribution < -0.4 is 0 Å². The molecule has 0 aromatic carbocycles. The zero-order valence-corrected chi connectivity index (χ0v) is 42.2. The highest BCUT2D eigenvalue weighted by atomic mass is 16.7. The van der Waals surface area contributed by atoms with E-state index in [1.54, 1.807) is 0 Å². The fraction of sp³-hybridized carbons (Fsp3) is 0.709. The standard InChI is InChI=1S/C55H90O15/c1-3-5-7-9-11-13-15-17-18-19-20-21-22-23-24-26-28-30-32-34-36-38-47(58)68-43(40-65-46(57)37-35-33-31-29-27-25-16-14-12-10-8-6-4-2)41-66-54-53(64)51(62)49(60)45(70-54)42-67-55-52(63)50(61)48(59)44(39-56)69-55/h5-8,11-14,17-18,20-21,25,27,43-45,48-56,59-64H,3-4,9-10,15-16,19,22-24,26,28-42H2,1-2H3/b7-5-,8-6-,13-11-,14-12-,18-17-,21-20-,27-25-. The van der Waals surface area contributed by atoms with Crippen LogP contribution >= 0.6 is 0 Å². The number of aliphatic hydroxyl groups is 7. The fourth-order valence-electron chi connectivity index (χ4n) is 7.63. The lowest BCUT2D eigenvalue weighted by molar-refractivity contribution is -0.332. The third-order valence-corrected chi connectivity index (χ3v) is 11.9. The van der Waals surface area contributed by atoms with Gasteiger partial charge in [0.05, 0.1) is 19.8 Å². The minimum Gasteiger partial charge on any atom is -0.462 e. The molecule has 0 aromatic rings. The molecule has 11 atom stereocenters. The number of ether oxygens (including phenoxy) is 6. The van der Waals surface area contributed by atoms with Crippen LogP contribution in [0, 0.1) is 0 Å². The second-order valence-corrected chi connectivity index (χ2v) is 17.9. The summed E-state index contributed by atoms with van der Waals surface area (Å²) in [6.07, 6.45) is 33.3. The average Bonchev–Trinajstić information content (AvgIpc) is 3.35. The van der Waals surface area contributed by atoms with Gasteiger partial charge < -0.3 is 64.2 Å². The summed E-state index contributed by atoms with van der Waals surface area (Å²) in [4.78, 5) is 25.8. The van der Waals surface area contributed by atoms with E-state index in [1.165, 1.54) is 19.3 Å². The summed E-state index contributed by atoms with van der Waals surface area (Å²) in [5.41, 5.74) is 0. The van der Waals surface area contributed by atoms with Gasteiger partial charge in [0.1, 0.15) is 55.4 Å². The van der Waals surface area contributed by atoms with E-state index in [0.717, 1.165) is 96.3 Å². The number of carbonyl (C=O) groups excluding carboxylic acids is 2. The molecule has 0 spiro atoms. The molecule has 0 bridgehead atoms. The normalized spacial score (nSPS) is 26.1. The Morgan fingerprint density at radius 1 is 0.457 bits per heavy atom. The van der Waals surface area contributed by atoms with Crippen molar-refractivity contribution >= 4 is 11.9 Å². The van der Waals surface area contributed by atoms with Crippen molar-refractivity contribution in [3.8, 4) is 0 Å². The number of hydrogen-bond acceptors (Lipinski definition) is 15. The van der Waals surface area contributed by atoms with E-state index >= 15 is 0 Å². The molecule has 0 radical (unpaired) electrons. The van der Waals surface area contributed by atoms with Gasteiger partial charge in [-0.3, -0.25) is 9.59 Å². The zero-order chi connectivity index (χ0) is 51.0. The van der Waals surface area contributed by atoms with Gasteiger partial charge in [-0.15, -0.1) is 0 Å². The Kier molecular flexibility index (Phi) is 36.9. The lowest BCUT2D eigenvalue weighted by atomic mass is 9.98. The Bertz CT molecular complexity index is 1540. The van der Waals surface area contributed by atoms with Crippen LogP contribution in [0.3, 0.4) is 0 Å². The van der Waals surface area contributed by atoms with E-state index in [-0.39, 0.29) is 19.4 Å². The number of hydrogen-bond donors (Lipinski definition) is 7. The number of aliphatic hydroxyl groups excluding tert-OH is 7. The maximum Gasteiger partial charge on any atom is 0.306 e. The second-order valence-electron chi connectivity index (χ2n) is 17.9. The molecule has 15 heteroatoms. The minimum absolute atomic E-state index is 0.144.